The van der Waals surface area contributed by atoms with Crippen LogP contribution in [0.25, 0.3) is 0 Å². The van der Waals surface area contributed by atoms with Crippen molar-refractivity contribution in [1.29, 1.82) is 0 Å². The second-order valence-corrected chi connectivity index (χ2v) is 8.26. The van der Waals surface area contributed by atoms with E-state index >= 15 is 0 Å². The molecule has 160 valence electrons. The van der Waals surface area contributed by atoms with Gasteiger partial charge in [-0.2, -0.15) is 5.10 Å². The number of anilines is 2. The largest absolute Gasteiger partial charge is 0.368 e. The number of halogens is 2. The fourth-order valence-electron chi connectivity index (χ4n) is 4.17. The molecule has 1 aromatic heterocycles. The van der Waals surface area contributed by atoms with Gasteiger partial charge in [0.2, 0.25) is 5.91 Å². The van der Waals surface area contributed by atoms with E-state index < -0.39 is 5.82 Å². The number of amides is 1. The zero-order valence-corrected chi connectivity index (χ0v) is 17.7. The van der Waals surface area contributed by atoms with Gasteiger partial charge in [0, 0.05) is 58.1 Å². The van der Waals surface area contributed by atoms with E-state index in [0.717, 1.165) is 30.9 Å². The Morgan fingerprint density at radius 1 is 1.10 bits per heavy atom. The average molecular weight is 434 g/mol. The molecule has 9 heteroatoms. The average Bonchev–Trinajstić information content (AvgIpc) is 2.77. The van der Waals surface area contributed by atoms with E-state index in [1.54, 1.807) is 25.2 Å². The van der Waals surface area contributed by atoms with E-state index in [-0.39, 0.29) is 22.4 Å². The summed E-state index contributed by atoms with van der Waals surface area (Å²) in [4.78, 5) is 30.8. The Morgan fingerprint density at radius 3 is 2.57 bits per heavy atom. The molecule has 2 aliphatic rings. The maximum Gasteiger partial charge on any atom is 0.266 e. The van der Waals surface area contributed by atoms with Gasteiger partial charge in [0.05, 0.1) is 10.9 Å². The van der Waals surface area contributed by atoms with Gasteiger partial charge in [-0.1, -0.05) is 11.6 Å². The van der Waals surface area contributed by atoms with Gasteiger partial charge in [0.15, 0.2) is 0 Å². The van der Waals surface area contributed by atoms with Crippen LogP contribution in [-0.4, -0.2) is 59.9 Å². The SMILES string of the molecule is Cn1nc(N2CCC[C@H](C(=O)N3CCN(c4ccc(F)c(Cl)c4)CC3)C2)ccc1=O. The molecule has 4 rings (SSSR count). The summed E-state index contributed by atoms with van der Waals surface area (Å²) in [5.74, 6) is 0.391. The Morgan fingerprint density at radius 2 is 1.87 bits per heavy atom. The molecule has 0 N–H and O–H groups in total. The summed E-state index contributed by atoms with van der Waals surface area (Å²) in [6.45, 7) is 4.07. The van der Waals surface area contributed by atoms with Crippen LogP contribution in [0.4, 0.5) is 15.9 Å². The smallest absolute Gasteiger partial charge is 0.266 e. The lowest BCUT2D eigenvalue weighted by molar-refractivity contribution is -0.136. The Hall–Kier alpha value is -2.61. The highest BCUT2D eigenvalue weighted by atomic mass is 35.5. The molecule has 2 fully saturated rings. The van der Waals surface area contributed by atoms with Gasteiger partial charge in [-0.05, 0) is 37.1 Å². The van der Waals surface area contributed by atoms with Crippen LogP contribution in [0.15, 0.2) is 35.1 Å². The maximum absolute atomic E-state index is 13.4. The molecule has 1 atom stereocenters. The first kappa shape index (κ1) is 20.7. The first-order valence-corrected chi connectivity index (χ1v) is 10.6. The molecule has 0 saturated carbocycles. The maximum atomic E-state index is 13.4. The molecule has 0 aliphatic carbocycles. The van der Waals surface area contributed by atoms with Gasteiger partial charge >= 0.3 is 0 Å². The molecule has 30 heavy (non-hydrogen) atoms. The van der Waals surface area contributed by atoms with Crippen LogP contribution in [0.3, 0.4) is 0 Å². The van der Waals surface area contributed by atoms with Gasteiger partial charge in [-0.15, -0.1) is 0 Å². The fraction of sp³-hybridized carbons (Fsp3) is 0.476. The number of carbonyl (C=O) groups excluding carboxylic acids is 1. The molecule has 0 spiro atoms. The highest BCUT2D eigenvalue weighted by molar-refractivity contribution is 6.31. The minimum absolute atomic E-state index is 0.0791. The number of aromatic nitrogens is 2. The monoisotopic (exact) mass is 433 g/mol. The molecule has 1 aromatic carbocycles. The fourth-order valence-corrected chi connectivity index (χ4v) is 4.35. The summed E-state index contributed by atoms with van der Waals surface area (Å²) in [6.07, 6.45) is 1.77. The Kier molecular flexibility index (Phi) is 5.94. The van der Waals surface area contributed by atoms with Gasteiger partial charge in [-0.3, -0.25) is 9.59 Å². The van der Waals surface area contributed by atoms with Crippen molar-refractivity contribution >= 4 is 29.0 Å². The second kappa shape index (κ2) is 8.63. The number of aryl methyl sites for hydroxylation is 1. The first-order chi connectivity index (χ1) is 14.4. The van der Waals surface area contributed by atoms with Crippen molar-refractivity contribution in [2.75, 3.05) is 49.1 Å². The lowest BCUT2D eigenvalue weighted by Gasteiger charge is -2.40. The van der Waals surface area contributed by atoms with Crippen LogP contribution >= 0.6 is 11.6 Å². The number of hydrogen-bond acceptors (Lipinski definition) is 5. The van der Waals surface area contributed by atoms with Crippen molar-refractivity contribution in [2.24, 2.45) is 13.0 Å². The number of rotatable bonds is 3. The van der Waals surface area contributed by atoms with E-state index in [9.17, 15) is 14.0 Å². The van der Waals surface area contributed by atoms with Crippen molar-refractivity contribution in [3.05, 3.63) is 51.5 Å². The number of benzene rings is 1. The molecule has 3 heterocycles. The Labute approximate surface area is 179 Å². The number of piperazine rings is 1. The number of hydrogen-bond donors (Lipinski definition) is 0. The van der Waals surface area contributed by atoms with Crippen molar-refractivity contribution in [3.63, 3.8) is 0 Å². The van der Waals surface area contributed by atoms with Crippen LogP contribution in [-0.2, 0) is 11.8 Å². The molecule has 2 saturated heterocycles. The highest BCUT2D eigenvalue weighted by Crippen LogP contribution is 2.26. The van der Waals surface area contributed by atoms with E-state index in [1.807, 2.05) is 4.90 Å². The molecule has 0 unspecified atom stereocenters. The number of nitrogens with zero attached hydrogens (tertiary/aromatic N) is 5. The molecule has 2 aliphatic heterocycles. The topological polar surface area (TPSA) is 61.7 Å². The third kappa shape index (κ3) is 4.28. The van der Waals surface area contributed by atoms with Crippen LogP contribution < -0.4 is 15.4 Å². The summed E-state index contributed by atoms with van der Waals surface area (Å²) >= 11 is 5.90. The summed E-state index contributed by atoms with van der Waals surface area (Å²) in [5, 5.41) is 4.43. The zero-order valence-electron chi connectivity index (χ0n) is 16.9. The van der Waals surface area contributed by atoms with Crippen LogP contribution in [0.2, 0.25) is 5.02 Å². The van der Waals surface area contributed by atoms with Crippen LogP contribution in [0.5, 0.6) is 0 Å². The number of piperidine rings is 1. The van der Waals surface area contributed by atoms with Gasteiger partial charge in [-0.25, -0.2) is 9.07 Å². The third-order valence-electron chi connectivity index (χ3n) is 5.90. The van der Waals surface area contributed by atoms with Crippen LogP contribution in [0, 0.1) is 11.7 Å². The van der Waals surface area contributed by atoms with E-state index in [0.29, 0.717) is 32.7 Å². The summed E-state index contributed by atoms with van der Waals surface area (Å²) in [7, 11) is 1.63. The Balaban J connectivity index is 1.37. The molecule has 1 amide bonds. The lowest BCUT2D eigenvalue weighted by Crippen LogP contribution is -2.52. The van der Waals surface area contributed by atoms with Crippen LogP contribution in [0.1, 0.15) is 12.8 Å². The molecule has 7 nitrogen and oxygen atoms in total. The second-order valence-electron chi connectivity index (χ2n) is 7.85. The third-order valence-corrected chi connectivity index (χ3v) is 6.19. The first-order valence-electron chi connectivity index (χ1n) is 10.2. The van der Waals surface area contributed by atoms with Gasteiger partial charge in [0.25, 0.3) is 5.56 Å². The number of carbonyl (C=O) groups is 1. The van der Waals surface area contributed by atoms with Gasteiger partial charge in [0.1, 0.15) is 11.6 Å². The molecule has 0 radical (unpaired) electrons. The lowest BCUT2D eigenvalue weighted by atomic mass is 9.96. The predicted octanol–water partition coefficient (Wildman–Crippen LogP) is 2.14. The van der Waals surface area contributed by atoms with Crippen molar-refractivity contribution in [1.82, 2.24) is 14.7 Å². The summed E-state index contributed by atoms with van der Waals surface area (Å²) in [5.41, 5.74) is 0.724. The van der Waals surface area contributed by atoms with Gasteiger partial charge < -0.3 is 14.7 Å². The normalized spacial score (nSPS) is 19.8. The minimum Gasteiger partial charge on any atom is -0.368 e. The molecular weight excluding hydrogens is 409 g/mol. The van der Waals surface area contributed by atoms with Crippen molar-refractivity contribution < 1.29 is 9.18 Å². The van der Waals surface area contributed by atoms with Crippen molar-refractivity contribution in [2.45, 2.75) is 12.8 Å². The molecule has 0 bridgehead atoms. The summed E-state index contributed by atoms with van der Waals surface area (Å²) < 4.78 is 14.7. The Bertz CT molecular complexity index is 990. The van der Waals surface area contributed by atoms with Crippen molar-refractivity contribution in [3.8, 4) is 0 Å². The standard InChI is InChI=1S/C21H25ClFN5O2/c1-25-20(29)7-6-19(24-25)28-8-2-3-15(14-28)21(30)27-11-9-26(10-12-27)16-4-5-18(23)17(22)13-16/h4-7,13,15H,2-3,8-12,14H2,1H3/t15-/m0/s1. The predicted molar refractivity (Wildman–Crippen MR) is 115 cm³/mol. The summed E-state index contributed by atoms with van der Waals surface area (Å²) in [6, 6.07) is 7.96. The highest BCUT2D eigenvalue weighted by Gasteiger charge is 2.31. The minimum atomic E-state index is -0.427. The molecular formula is C21H25ClFN5O2. The quantitative estimate of drug-likeness (QED) is 0.742. The molecule has 2 aromatic rings. The van der Waals surface area contributed by atoms with E-state index in [4.69, 9.17) is 11.6 Å². The van der Waals surface area contributed by atoms with E-state index in [2.05, 4.69) is 14.9 Å². The zero-order chi connectivity index (χ0) is 21.3. The van der Waals surface area contributed by atoms with E-state index in [1.165, 1.54) is 16.8 Å².